The van der Waals surface area contributed by atoms with Crippen LogP contribution in [0.4, 0.5) is 0 Å². The Balaban J connectivity index is 3.15. The van der Waals surface area contributed by atoms with E-state index in [0.717, 1.165) is 29.8 Å². The van der Waals surface area contributed by atoms with Gasteiger partial charge in [-0.2, -0.15) is 0 Å². The summed E-state index contributed by atoms with van der Waals surface area (Å²) in [4.78, 5) is 0. The molecule has 1 aliphatic heterocycles. The van der Waals surface area contributed by atoms with E-state index in [4.69, 9.17) is 11.5 Å². The van der Waals surface area contributed by atoms with E-state index in [9.17, 15) is 0 Å². The smallest absolute Gasteiger partial charge is 0.0804 e. The molecule has 0 amide bonds. The van der Waals surface area contributed by atoms with Gasteiger partial charge in [-0.15, -0.1) is 0 Å². The van der Waals surface area contributed by atoms with E-state index in [1.165, 1.54) is 0 Å². The van der Waals surface area contributed by atoms with Crippen molar-refractivity contribution in [2.75, 3.05) is 0 Å². The lowest BCUT2D eigenvalue weighted by atomic mass is 9.78. The highest BCUT2D eigenvalue weighted by atomic mass is 15.0. The Labute approximate surface area is 92.6 Å². The molecule has 1 aliphatic rings. The van der Waals surface area contributed by atoms with Gasteiger partial charge in [-0.25, -0.2) is 0 Å². The topological polar surface area (TPSA) is 64.1 Å². The van der Waals surface area contributed by atoms with Crippen LogP contribution < -0.4 is 16.8 Å². The van der Waals surface area contributed by atoms with Gasteiger partial charge in [0.1, 0.15) is 0 Å². The van der Waals surface area contributed by atoms with E-state index in [1.54, 1.807) is 0 Å². The molecule has 0 aromatic rings. The first-order valence-electron chi connectivity index (χ1n) is 5.72. The standard InChI is InChI=1S/C12H23N3/c1-5-9-7-15-12(6-2,8(3)4)11(14)10(9)13/h7-8,15H,5-6,13-14H2,1-4H3. The van der Waals surface area contributed by atoms with Crippen LogP contribution in [0, 0.1) is 5.92 Å². The fourth-order valence-corrected chi connectivity index (χ4v) is 2.26. The third kappa shape index (κ3) is 1.71. The van der Waals surface area contributed by atoms with Crippen LogP contribution in [-0.4, -0.2) is 5.54 Å². The van der Waals surface area contributed by atoms with E-state index < -0.39 is 0 Å². The van der Waals surface area contributed by atoms with Gasteiger partial charge < -0.3 is 16.8 Å². The van der Waals surface area contributed by atoms with Gasteiger partial charge in [0.15, 0.2) is 0 Å². The zero-order valence-corrected chi connectivity index (χ0v) is 10.2. The van der Waals surface area contributed by atoms with Crippen LogP contribution in [0.1, 0.15) is 40.5 Å². The number of hydrogen-bond acceptors (Lipinski definition) is 3. The third-order valence-electron chi connectivity index (χ3n) is 3.54. The average molecular weight is 209 g/mol. The molecular formula is C12H23N3. The summed E-state index contributed by atoms with van der Waals surface area (Å²) in [5.41, 5.74) is 14.8. The average Bonchev–Trinajstić information content (AvgIpc) is 2.22. The lowest BCUT2D eigenvalue weighted by Gasteiger charge is -2.41. The predicted molar refractivity (Wildman–Crippen MR) is 64.8 cm³/mol. The first-order valence-corrected chi connectivity index (χ1v) is 5.72. The molecule has 3 heteroatoms. The van der Waals surface area contributed by atoms with Gasteiger partial charge in [-0.1, -0.05) is 27.7 Å². The number of dihydropyridines is 1. The maximum absolute atomic E-state index is 6.19. The lowest BCUT2D eigenvalue weighted by molar-refractivity contribution is 0.294. The Bertz CT molecular complexity index is 302. The molecular weight excluding hydrogens is 186 g/mol. The van der Waals surface area contributed by atoms with Gasteiger partial charge in [0.25, 0.3) is 0 Å². The van der Waals surface area contributed by atoms with Crippen LogP contribution in [-0.2, 0) is 0 Å². The van der Waals surface area contributed by atoms with Crippen molar-refractivity contribution in [2.45, 2.75) is 46.1 Å². The zero-order chi connectivity index (χ0) is 11.6. The van der Waals surface area contributed by atoms with Crippen molar-refractivity contribution in [3.8, 4) is 0 Å². The minimum Gasteiger partial charge on any atom is -0.398 e. The molecule has 3 nitrogen and oxygen atoms in total. The van der Waals surface area contributed by atoms with Gasteiger partial charge in [-0.3, -0.25) is 0 Å². The quantitative estimate of drug-likeness (QED) is 0.664. The maximum Gasteiger partial charge on any atom is 0.0804 e. The summed E-state index contributed by atoms with van der Waals surface area (Å²) < 4.78 is 0. The second-order valence-corrected chi connectivity index (χ2v) is 4.47. The predicted octanol–water partition coefficient (Wildman–Crippen LogP) is 1.82. The van der Waals surface area contributed by atoms with Crippen molar-refractivity contribution in [2.24, 2.45) is 17.4 Å². The molecule has 86 valence electrons. The molecule has 1 atom stereocenters. The summed E-state index contributed by atoms with van der Waals surface area (Å²) >= 11 is 0. The molecule has 0 aromatic heterocycles. The number of rotatable bonds is 3. The molecule has 1 unspecified atom stereocenters. The molecule has 0 bridgehead atoms. The van der Waals surface area contributed by atoms with Crippen molar-refractivity contribution in [3.05, 3.63) is 23.2 Å². The van der Waals surface area contributed by atoms with Crippen LogP contribution in [0.3, 0.4) is 0 Å². The summed E-state index contributed by atoms with van der Waals surface area (Å²) in [5, 5.41) is 3.44. The van der Waals surface area contributed by atoms with Gasteiger partial charge in [0.2, 0.25) is 0 Å². The number of hydrogen-bond donors (Lipinski definition) is 3. The lowest BCUT2D eigenvalue weighted by Crippen LogP contribution is -2.54. The SMILES string of the molecule is CCC1=CNC(CC)(C(C)C)C(N)=C1N. The van der Waals surface area contributed by atoms with E-state index >= 15 is 0 Å². The summed E-state index contributed by atoms with van der Waals surface area (Å²) in [7, 11) is 0. The molecule has 0 saturated heterocycles. The number of nitrogens with two attached hydrogens (primary N) is 2. The van der Waals surface area contributed by atoms with Gasteiger partial charge in [0, 0.05) is 6.20 Å². The first-order chi connectivity index (χ1) is 6.99. The van der Waals surface area contributed by atoms with Crippen LogP contribution in [0.2, 0.25) is 0 Å². The van der Waals surface area contributed by atoms with Crippen molar-refractivity contribution in [3.63, 3.8) is 0 Å². The maximum atomic E-state index is 6.19. The molecule has 0 fully saturated rings. The highest BCUT2D eigenvalue weighted by Gasteiger charge is 2.37. The van der Waals surface area contributed by atoms with Crippen molar-refractivity contribution >= 4 is 0 Å². The summed E-state index contributed by atoms with van der Waals surface area (Å²) in [6, 6.07) is 0. The van der Waals surface area contributed by atoms with E-state index in [-0.39, 0.29) is 5.54 Å². The first kappa shape index (κ1) is 12.0. The Morgan fingerprint density at radius 1 is 1.33 bits per heavy atom. The minimum absolute atomic E-state index is 0.164. The molecule has 0 aliphatic carbocycles. The second-order valence-electron chi connectivity index (χ2n) is 4.47. The van der Waals surface area contributed by atoms with E-state index in [2.05, 4.69) is 33.0 Å². The normalized spacial score (nSPS) is 26.6. The van der Waals surface area contributed by atoms with Crippen LogP contribution in [0.5, 0.6) is 0 Å². The molecule has 1 heterocycles. The van der Waals surface area contributed by atoms with Crippen LogP contribution in [0.25, 0.3) is 0 Å². The zero-order valence-electron chi connectivity index (χ0n) is 10.2. The van der Waals surface area contributed by atoms with E-state index in [1.807, 2.05) is 6.20 Å². The van der Waals surface area contributed by atoms with Crippen molar-refractivity contribution in [1.29, 1.82) is 0 Å². The fraction of sp³-hybridized carbons (Fsp3) is 0.667. The van der Waals surface area contributed by atoms with Crippen LogP contribution in [0.15, 0.2) is 23.2 Å². The monoisotopic (exact) mass is 209 g/mol. The molecule has 0 aromatic carbocycles. The number of allylic oxidation sites excluding steroid dienone is 1. The molecule has 0 saturated carbocycles. The number of nitrogens with one attached hydrogen (secondary N) is 1. The molecule has 0 spiro atoms. The highest BCUT2D eigenvalue weighted by Crippen LogP contribution is 2.32. The molecule has 15 heavy (non-hydrogen) atoms. The Hall–Kier alpha value is -1.12. The fourth-order valence-electron chi connectivity index (χ4n) is 2.26. The summed E-state index contributed by atoms with van der Waals surface area (Å²) in [6.07, 6.45) is 3.89. The summed E-state index contributed by atoms with van der Waals surface area (Å²) in [6.45, 7) is 8.56. The minimum atomic E-state index is -0.164. The van der Waals surface area contributed by atoms with Gasteiger partial charge >= 0.3 is 0 Å². The van der Waals surface area contributed by atoms with Gasteiger partial charge in [-0.05, 0) is 24.3 Å². The Kier molecular flexibility index (Phi) is 3.32. The largest absolute Gasteiger partial charge is 0.398 e. The third-order valence-corrected chi connectivity index (χ3v) is 3.54. The van der Waals surface area contributed by atoms with Crippen molar-refractivity contribution < 1.29 is 0 Å². The summed E-state index contributed by atoms with van der Waals surface area (Å²) in [5.74, 6) is 0.427. The second kappa shape index (κ2) is 4.17. The Morgan fingerprint density at radius 2 is 1.93 bits per heavy atom. The van der Waals surface area contributed by atoms with Gasteiger partial charge in [0.05, 0.1) is 16.9 Å². The van der Waals surface area contributed by atoms with Crippen LogP contribution >= 0.6 is 0 Å². The van der Waals surface area contributed by atoms with E-state index in [0.29, 0.717) is 5.92 Å². The Morgan fingerprint density at radius 3 is 2.33 bits per heavy atom. The molecule has 1 rings (SSSR count). The molecule has 5 N–H and O–H groups in total. The molecule has 0 radical (unpaired) electrons. The highest BCUT2D eigenvalue weighted by molar-refractivity contribution is 5.41. The van der Waals surface area contributed by atoms with Crippen molar-refractivity contribution in [1.82, 2.24) is 5.32 Å².